The summed E-state index contributed by atoms with van der Waals surface area (Å²) in [5.74, 6) is 0.871. The van der Waals surface area contributed by atoms with Crippen LogP contribution >= 0.6 is 34.8 Å². The summed E-state index contributed by atoms with van der Waals surface area (Å²) in [6.45, 7) is 0. The van der Waals surface area contributed by atoms with Gasteiger partial charge in [0.05, 0.1) is 18.3 Å². The summed E-state index contributed by atoms with van der Waals surface area (Å²) in [5.41, 5.74) is 10.3. The molecule has 0 saturated heterocycles. The molecule has 3 nitrogen and oxygen atoms in total. The molecule has 3 aliphatic carbocycles. The minimum Gasteiger partial charge on any atom is -0.388 e. The van der Waals surface area contributed by atoms with Gasteiger partial charge in [0, 0.05) is 32.8 Å². The molecule has 0 heterocycles. The molecule has 6 aromatic carbocycles. The fourth-order valence-corrected chi connectivity index (χ4v) is 8.43. The molecule has 258 valence electrons. The Bertz CT molecular complexity index is 1850. The van der Waals surface area contributed by atoms with Crippen LogP contribution in [0.1, 0.15) is 105 Å². The molecule has 6 atom stereocenters. The molecule has 0 bridgehead atoms. The van der Waals surface area contributed by atoms with Gasteiger partial charge in [0.1, 0.15) is 0 Å². The van der Waals surface area contributed by atoms with Gasteiger partial charge in [-0.05, 0) is 106 Å². The van der Waals surface area contributed by atoms with Crippen LogP contribution in [0.3, 0.4) is 0 Å². The molecule has 0 aromatic heterocycles. The number of halogens is 3. The van der Waals surface area contributed by atoms with E-state index in [-0.39, 0.29) is 0 Å². The van der Waals surface area contributed by atoms with E-state index in [1.54, 1.807) is 0 Å². The number of rotatable bonds is 3. The van der Waals surface area contributed by atoms with Gasteiger partial charge in [-0.25, -0.2) is 0 Å². The molecule has 0 spiro atoms. The highest BCUT2D eigenvalue weighted by Gasteiger charge is 2.32. The van der Waals surface area contributed by atoms with Crippen LogP contribution in [-0.4, -0.2) is 15.3 Å². The van der Waals surface area contributed by atoms with Crippen molar-refractivity contribution in [3.8, 4) is 0 Å². The molecule has 0 saturated carbocycles. The molecule has 0 radical (unpaired) electrons. The quantitative estimate of drug-likeness (QED) is 0.170. The van der Waals surface area contributed by atoms with Crippen LogP contribution in [0.15, 0.2) is 146 Å². The Kier molecular flexibility index (Phi) is 11.0. The average molecular weight is 734 g/mol. The zero-order chi connectivity index (χ0) is 35.5. The van der Waals surface area contributed by atoms with Crippen molar-refractivity contribution in [1.82, 2.24) is 0 Å². The summed E-state index contributed by atoms with van der Waals surface area (Å²) in [7, 11) is 0. The van der Waals surface area contributed by atoms with Gasteiger partial charge in [-0.3, -0.25) is 0 Å². The largest absolute Gasteiger partial charge is 0.388 e. The molecule has 9 rings (SSSR count). The van der Waals surface area contributed by atoms with Crippen molar-refractivity contribution in [3.05, 3.63) is 211 Å². The maximum absolute atomic E-state index is 10.1. The van der Waals surface area contributed by atoms with Gasteiger partial charge in [-0.1, -0.05) is 144 Å². The van der Waals surface area contributed by atoms with E-state index >= 15 is 0 Å². The number of hydrogen-bond acceptors (Lipinski definition) is 3. The molecule has 0 aliphatic heterocycles. The Balaban J connectivity index is 0.000000119. The predicted molar refractivity (Wildman–Crippen MR) is 208 cm³/mol. The fraction of sp³-hybridized carbons (Fsp3) is 0.200. The van der Waals surface area contributed by atoms with Gasteiger partial charge in [-0.2, -0.15) is 0 Å². The van der Waals surface area contributed by atoms with Crippen molar-refractivity contribution in [2.24, 2.45) is 0 Å². The van der Waals surface area contributed by atoms with Gasteiger partial charge in [-0.15, -0.1) is 0 Å². The smallest absolute Gasteiger partial charge is 0.0802 e. The summed E-state index contributed by atoms with van der Waals surface area (Å²) in [6, 6.07) is 48.4. The summed E-state index contributed by atoms with van der Waals surface area (Å²) in [6.07, 6.45) is 1.07. The zero-order valence-corrected chi connectivity index (χ0v) is 30.2. The zero-order valence-electron chi connectivity index (χ0n) is 27.9. The first-order valence-corrected chi connectivity index (χ1v) is 18.5. The number of aliphatic hydroxyl groups is 3. The Morgan fingerprint density at radius 2 is 0.588 bits per heavy atom. The minimum atomic E-state index is -0.395. The normalized spacial score (nSPS) is 22.5. The van der Waals surface area contributed by atoms with Crippen LogP contribution in [-0.2, 0) is 0 Å². The van der Waals surface area contributed by atoms with Crippen LogP contribution in [0.4, 0.5) is 0 Å². The van der Waals surface area contributed by atoms with Gasteiger partial charge < -0.3 is 15.3 Å². The van der Waals surface area contributed by atoms with Gasteiger partial charge in [0.15, 0.2) is 0 Å². The van der Waals surface area contributed by atoms with Crippen molar-refractivity contribution >= 4 is 34.8 Å². The third kappa shape index (κ3) is 7.80. The second-order valence-corrected chi connectivity index (χ2v) is 14.8. The predicted octanol–water partition coefficient (Wildman–Crippen LogP) is 11.7. The van der Waals surface area contributed by atoms with E-state index in [4.69, 9.17) is 34.8 Å². The fourth-order valence-electron chi connectivity index (χ4n) is 7.89. The first kappa shape index (κ1) is 35.5. The first-order valence-electron chi connectivity index (χ1n) is 17.3. The molecule has 3 aliphatic rings. The molecule has 2 unspecified atom stereocenters. The van der Waals surface area contributed by atoms with Crippen molar-refractivity contribution in [1.29, 1.82) is 0 Å². The standard InChI is InChI=1S/3C15H13ClO/c3*16-11-6-7-12-13(9-15(17)14(12)8-11)10-4-2-1-3-5-10/h3*1-8,13,15,17H,9H2/t2*13-,15-;/m10./s1. The molecular weight excluding hydrogens is 695 g/mol. The van der Waals surface area contributed by atoms with Crippen LogP contribution < -0.4 is 0 Å². The Hall–Kier alpha value is -3.93. The monoisotopic (exact) mass is 732 g/mol. The van der Waals surface area contributed by atoms with Crippen molar-refractivity contribution in [3.63, 3.8) is 0 Å². The molecule has 6 aromatic rings. The van der Waals surface area contributed by atoms with E-state index < -0.39 is 18.3 Å². The molecule has 0 amide bonds. The van der Waals surface area contributed by atoms with Gasteiger partial charge in [0.25, 0.3) is 0 Å². The van der Waals surface area contributed by atoms with Crippen LogP contribution in [0.25, 0.3) is 0 Å². The first-order chi connectivity index (χ1) is 24.8. The summed E-state index contributed by atoms with van der Waals surface area (Å²) in [4.78, 5) is 0. The topological polar surface area (TPSA) is 60.7 Å². The van der Waals surface area contributed by atoms with Crippen molar-refractivity contribution < 1.29 is 15.3 Å². The van der Waals surface area contributed by atoms with Crippen molar-refractivity contribution in [2.75, 3.05) is 0 Å². The molecule has 3 N–H and O–H groups in total. The summed E-state index contributed by atoms with van der Waals surface area (Å²) < 4.78 is 0. The third-order valence-electron chi connectivity index (χ3n) is 10.3. The van der Waals surface area contributed by atoms with E-state index in [9.17, 15) is 15.3 Å². The van der Waals surface area contributed by atoms with E-state index in [0.29, 0.717) is 32.8 Å². The van der Waals surface area contributed by atoms with E-state index in [0.717, 1.165) is 36.0 Å². The minimum absolute atomic E-state index is 0.290. The molecule has 0 fully saturated rings. The summed E-state index contributed by atoms with van der Waals surface area (Å²) in [5, 5.41) is 32.3. The maximum atomic E-state index is 10.1. The highest BCUT2D eigenvalue weighted by atomic mass is 35.5. The lowest BCUT2D eigenvalue weighted by Gasteiger charge is -2.11. The highest BCUT2D eigenvalue weighted by molar-refractivity contribution is 6.31. The average Bonchev–Trinajstić information content (AvgIpc) is 3.79. The molecule has 51 heavy (non-hydrogen) atoms. The van der Waals surface area contributed by atoms with Crippen LogP contribution in [0.5, 0.6) is 0 Å². The number of aliphatic hydroxyl groups excluding tert-OH is 3. The second-order valence-electron chi connectivity index (χ2n) is 13.5. The number of benzene rings is 6. The van der Waals surface area contributed by atoms with Gasteiger partial charge >= 0.3 is 0 Å². The summed E-state index contributed by atoms with van der Waals surface area (Å²) >= 11 is 17.9. The van der Waals surface area contributed by atoms with Crippen LogP contribution in [0.2, 0.25) is 15.1 Å². The van der Waals surface area contributed by atoms with E-state index in [1.165, 1.54) is 33.4 Å². The van der Waals surface area contributed by atoms with Gasteiger partial charge in [0.2, 0.25) is 0 Å². The lowest BCUT2D eigenvalue weighted by molar-refractivity contribution is 0.176. The molecule has 6 heteroatoms. The van der Waals surface area contributed by atoms with Crippen LogP contribution in [0, 0.1) is 0 Å². The Morgan fingerprint density at radius 1 is 0.333 bits per heavy atom. The van der Waals surface area contributed by atoms with Crippen molar-refractivity contribution in [2.45, 2.75) is 55.3 Å². The third-order valence-corrected chi connectivity index (χ3v) is 11.0. The Labute approximate surface area is 314 Å². The lowest BCUT2D eigenvalue weighted by atomic mass is 9.93. The number of hydrogen-bond donors (Lipinski definition) is 3. The molecular formula is C45H39Cl3O3. The highest BCUT2D eigenvalue weighted by Crippen LogP contribution is 2.47. The second kappa shape index (κ2) is 15.8. The number of fused-ring (bicyclic) bond motifs is 3. The Morgan fingerprint density at radius 3 is 0.843 bits per heavy atom. The SMILES string of the molecule is OC1CC(c2ccccc2)c2ccc(Cl)cc21.O[C@@H]1C[C@H](c2ccccc2)c2ccc(Cl)cc21.O[C@H]1C[C@@H](c2ccccc2)c2ccc(Cl)cc21. The maximum Gasteiger partial charge on any atom is 0.0802 e. The van der Waals surface area contributed by atoms with E-state index in [1.807, 2.05) is 109 Å². The lowest BCUT2D eigenvalue weighted by Crippen LogP contribution is -1.95. The van der Waals surface area contributed by atoms with E-state index in [2.05, 4.69) is 36.4 Å².